The Bertz CT molecular complexity index is 319. The van der Waals surface area contributed by atoms with Crippen LogP contribution < -0.4 is 10.6 Å². The molecule has 0 bridgehead atoms. The van der Waals surface area contributed by atoms with Crippen molar-refractivity contribution in [3.8, 4) is 0 Å². The summed E-state index contributed by atoms with van der Waals surface area (Å²) in [7, 11) is 0. The fourth-order valence-electron chi connectivity index (χ4n) is 1.49. The van der Waals surface area contributed by atoms with E-state index < -0.39 is 0 Å². The van der Waals surface area contributed by atoms with Crippen LogP contribution in [-0.4, -0.2) is 19.0 Å². The normalized spacial score (nSPS) is 10.1. The summed E-state index contributed by atoms with van der Waals surface area (Å²) in [6.07, 6.45) is 2.23. The van der Waals surface area contributed by atoms with Gasteiger partial charge in [0.05, 0.1) is 6.54 Å². The molecule has 2 N–H and O–H groups in total. The molecule has 0 aliphatic carbocycles. The molecule has 0 heterocycles. The number of carbonyl (C=O) groups is 1. The third kappa shape index (κ3) is 4.45. The third-order valence-electron chi connectivity index (χ3n) is 2.31. The van der Waals surface area contributed by atoms with Crippen molar-refractivity contribution in [2.45, 2.75) is 26.7 Å². The third-order valence-corrected chi connectivity index (χ3v) is 2.31. The van der Waals surface area contributed by atoms with Crippen LogP contribution in [-0.2, 0) is 11.2 Å². The van der Waals surface area contributed by atoms with Crippen molar-refractivity contribution in [2.75, 3.05) is 18.4 Å². The highest BCUT2D eigenvalue weighted by molar-refractivity contribution is 5.92. The Morgan fingerprint density at radius 1 is 1.19 bits per heavy atom. The maximum absolute atomic E-state index is 11.4. The number of hydrogen-bond donors (Lipinski definition) is 2. The first-order valence-corrected chi connectivity index (χ1v) is 5.85. The molecule has 0 saturated carbocycles. The summed E-state index contributed by atoms with van der Waals surface area (Å²) in [6.45, 7) is 5.31. The van der Waals surface area contributed by atoms with Crippen LogP contribution in [0.2, 0.25) is 0 Å². The molecule has 0 radical (unpaired) electrons. The number of anilines is 1. The van der Waals surface area contributed by atoms with E-state index in [1.807, 2.05) is 19.1 Å². The molecule has 0 spiro atoms. The van der Waals surface area contributed by atoms with Crippen LogP contribution in [0.4, 0.5) is 5.69 Å². The molecule has 3 nitrogen and oxygen atoms in total. The number of benzene rings is 1. The standard InChI is InChI=1S/C13H20N2O/c1-3-5-11-6-8-12(9-7-11)15-13(16)10-14-4-2/h6-9,14H,3-5,10H2,1-2H3,(H,15,16). The maximum atomic E-state index is 11.4. The molecule has 1 amide bonds. The Kier molecular flexibility index (Phi) is 5.57. The Balaban J connectivity index is 2.45. The van der Waals surface area contributed by atoms with Crippen molar-refractivity contribution < 1.29 is 4.79 Å². The molecular weight excluding hydrogens is 200 g/mol. The molecule has 0 fully saturated rings. The zero-order chi connectivity index (χ0) is 11.8. The van der Waals surface area contributed by atoms with Crippen molar-refractivity contribution >= 4 is 11.6 Å². The first kappa shape index (κ1) is 12.7. The average molecular weight is 220 g/mol. The minimum atomic E-state index is 0.00471. The SMILES string of the molecule is CCCc1ccc(NC(=O)CNCC)cc1. The summed E-state index contributed by atoms with van der Waals surface area (Å²) in [5, 5.41) is 5.83. The van der Waals surface area contributed by atoms with Gasteiger partial charge in [0.2, 0.25) is 5.91 Å². The van der Waals surface area contributed by atoms with Crippen molar-refractivity contribution in [3.63, 3.8) is 0 Å². The molecular formula is C13H20N2O. The van der Waals surface area contributed by atoms with Gasteiger partial charge in [0, 0.05) is 5.69 Å². The average Bonchev–Trinajstić information content (AvgIpc) is 2.29. The van der Waals surface area contributed by atoms with Gasteiger partial charge in [-0.1, -0.05) is 32.4 Å². The van der Waals surface area contributed by atoms with Crippen molar-refractivity contribution in [1.29, 1.82) is 0 Å². The molecule has 0 aromatic heterocycles. The summed E-state index contributed by atoms with van der Waals surface area (Å²) in [5.74, 6) is 0.00471. The Morgan fingerprint density at radius 3 is 2.44 bits per heavy atom. The topological polar surface area (TPSA) is 41.1 Å². The molecule has 0 atom stereocenters. The highest BCUT2D eigenvalue weighted by Gasteiger charge is 2.00. The second kappa shape index (κ2) is 7.01. The van der Waals surface area contributed by atoms with E-state index in [2.05, 4.69) is 29.7 Å². The monoisotopic (exact) mass is 220 g/mol. The first-order chi connectivity index (χ1) is 7.76. The van der Waals surface area contributed by atoms with Gasteiger partial charge in [-0.3, -0.25) is 4.79 Å². The number of nitrogens with one attached hydrogen (secondary N) is 2. The van der Waals surface area contributed by atoms with Crippen LogP contribution >= 0.6 is 0 Å². The number of hydrogen-bond acceptors (Lipinski definition) is 2. The lowest BCUT2D eigenvalue weighted by atomic mass is 10.1. The van der Waals surface area contributed by atoms with E-state index in [0.717, 1.165) is 25.1 Å². The highest BCUT2D eigenvalue weighted by atomic mass is 16.1. The van der Waals surface area contributed by atoms with Crippen LogP contribution in [0.5, 0.6) is 0 Å². The van der Waals surface area contributed by atoms with Crippen LogP contribution in [0.15, 0.2) is 24.3 Å². The zero-order valence-corrected chi connectivity index (χ0v) is 10.0. The largest absolute Gasteiger partial charge is 0.325 e. The van der Waals surface area contributed by atoms with Gasteiger partial charge in [-0.2, -0.15) is 0 Å². The number of carbonyl (C=O) groups excluding carboxylic acids is 1. The lowest BCUT2D eigenvalue weighted by Crippen LogP contribution is -2.27. The number of aryl methyl sites for hydroxylation is 1. The molecule has 88 valence electrons. The maximum Gasteiger partial charge on any atom is 0.238 e. The lowest BCUT2D eigenvalue weighted by molar-refractivity contribution is -0.115. The lowest BCUT2D eigenvalue weighted by Gasteiger charge is -2.06. The second-order valence-electron chi connectivity index (χ2n) is 3.78. The number of likely N-dealkylation sites (N-methyl/N-ethyl adjacent to an activating group) is 1. The molecule has 0 aliphatic heterocycles. The smallest absolute Gasteiger partial charge is 0.238 e. The summed E-state index contributed by atoms with van der Waals surface area (Å²) < 4.78 is 0. The van der Waals surface area contributed by atoms with Crippen LogP contribution in [0.3, 0.4) is 0 Å². The molecule has 1 rings (SSSR count). The van der Waals surface area contributed by atoms with Gasteiger partial charge in [0.25, 0.3) is 0 Å². The van der Waals surface area contributed by atoms with Crippen molar-refractivity contribution in [3.05, 3.63) is 29.8 Å². The second-order valence-corrected chi connectivity index (χ2v) is 3.78. The molecule has 0 aliphatic rings. The summed E-state index contributed by atoms with van der Waals surface area (Å²) in [5.41, 5.74) is 2.18. The molecule has 16 heavy (non-hydrogen) atoms. The number of rotatable bonds is 6. The predicted octanol–water partition coefficient (Wildman–Crippen LogP) is 2.19. The van der Waals surface area contributed by atoms with E-state index in [0.29, 0.717) is 6.54 Å². The minimum Gasteiger partial charge on any atom is -0.325 e. The molecule has 0 unspecified atom stereocenters. The van der Waals surface area contributed by atoms with Gasteiger partial charge in [-0.05, 0) is 30.7 Å². The van der Waals surface area contributed by atoms with Gasteiger partial charge in [-0.15, -0.1) is 0 Å². The fourth-order valence-corrected chi connectivity index (χ4v) is 1.49. The van der Waals surface area contributed by atoms with Gasteiger partial charge >= 0.3 is 0 Å². The van der Waals surface area contributed by atoms with Gasteiger partial charge < -0.3 is 10.6 Å². The fraction of sp³-hybridized carbons (Fsp3) is 0.462. The van der Waals surface area contributed by atoms with Gasteiger partial charge in [-0.25, -0.2) is 0 Å². The van der Waals surface area contributed by atoms with Gasteiger partial charge in [0.1, 0.15) is 0 Å². The van der Waals surface area contributed by atoms with Crippen LogP contribution in [0.1, 0.15) is 25.8 Å². The predicted molar refractivity (Wildman–Crippen MR) is 67.6 cm³/mol. The van der Waals surface area contributed by atoms with E-state index >= 15 is 0 Å². The van der Waals surface area contributed by atoms with E-state index in [9.17, 15) is 4.79 Å². The van der Waals surface area contributed by atoms with E-state index in [-0.39, 0.29) is 5.91 Å². The minimum absolute atomic E-state index is 0.00471. The van der Waals surface area contributed by atoms with Crippen LogP contribution in [0.25, 0.3) is 0 Å². The quantitative estimate of drug-likeness (QED) is 0.771. The highest BCUT2D eigenvalue weighted by Crippen LogP contribution is 2.10. The van der Waals surface area contributed by atoms with Crippen molar-refractivity contribution in [1.82, 2.24) is 5.32 Å². The molecule has 1 aromatic rings. The Labute approximate surface area is 97.2 Å². The molecule has 1 aromatic carbocycles. The van der Waals surface area contributed by atoms with Crippen molar-refractivity contribution in [2.24, 2.45) is 0 Å². The first-order valence-electron chi connectivity index (χ1n) is 5.85. The molecule has 3 heteroatoms. The zero-order valence-electron chi connectivity index (χ0n) is 10.0. The van der Waals surface area contributed by atoms with Gasteiger partial charge in [0.15, 0.2) is 0 Å². The van der Waals surface area contributed by atoms with E-state index in [4.69, 9.17) is 0 Å². The Morgan fingerprint density at radius 2 is 1.88 bits per heavy atom. The summed E-state index contributed by atoms with van der Waals surface area (Å²) in [4.78, 5) is 11.4. The summed E-state index contributed by atoms with van der Waals surface area (Å²) in [6, 6.07) is 8.03. The summed E-state index contributed by atoms with van der Waals surface area (Å²) >= 11 is 0. The molecule has 0 saturated heterocycles. The van der Waals surface area contributed by atoms with Crippen LogP contribution in [0, 0.1) is 0 Å². The van der Waals surface area contributed by atoms with E-state index in [1.165, 1.54) is 5.56 Å². The Hall–Kier alpha value is -1.35. The number of amides is 1. The van der Waals surface area contributed by atoms with E-state index in [1.54, 1.807) is 0 Å².